The largest absolute Gasteiger partial charge is 0.443 e. The molecule has 0 bridgehead atoms. The van der Waals surface area contributed by atoms with Crippen molar-refractivity contribution in [2.45, 2.75) is 33.0 Å². The predicted octanol–water partition coefficient (Wildman–Crippen LogP) is 2.15. The quantitative estimate of drug-likeness (QED) is 0.842. The van der Waals surface area contributed by atoms with Crippen LogP contribution in [0.25, 0.3) is 0 Å². The highest BCUT2D eigenvalue weighted by Gasteiger charge is 2.27. The Morgan fingerprint density at radius 2 is 2.06 bits per heavy atom. The summed E-state index contributed by atoms with van der Waals surface area (Å²) in [6, 6.07) is 7.47. The van der Waals surface area contributed by atoms with E-state index in [9.17, 15) is 9.90 Å². The van der Waals surface area contributed by atoms with Gasteiger partial charge in [-0.1, -0.05) is 43.7 Å². The molecule has 0 aromatic heterocycles. The van der Waals surface area contributed by atoms with E-state index >= 15 is 0 Å². The third-order valence-corrected chi connectivity index (χ3v) is 2.60. The molecule has 1 aromatic carbocycles. The van der Waals surface area contributed by atoms with E-state index in [1.165, 1.54) is 0 Å². The van der Waals surface area contributed by atoms with Crippen LogP contribution in [0.3, 0.4) is 0 Å². The fourth-order valence-electron chi connectivity index (χ4n) is 1.74. The molecule has 3 N–H and O–H groups in total. The fourth-order valence-corrected chi connectivity index (χ4v) is 1.74. The minimum Gasteiger partial charge on any atom is -0.443 e. The van der Waals surface area contributed by atoms with Crippen LogP contribution in [0.2, 0.25) is 0 Å². The van der Waals surface area contributed by atoms with Crippen LogP contribution >= 0.6 is 0 Å². The number of ether oxygens (including phenoxy) is 1. The second-order valence-corrected chi connectivity index (χ2v) is 4.50. The lowest BCUT2D eigenvalue weighted by Crippen LogP contribution is -2.32. The number of aryl methyl sites for hydroxylation is 1. The number of aliphatic hydroxyl groups excluding tert-OH is 1. The van der Waals surface area contributed by atoms with Gasteiger partial charge in [0.2, 0.25) is 0 Å². The third-order valence-electron chi connectivity index (χ3n) is 2.60. The van der Waals surface area contributed by atoms with Crippen LogP contribution in [0.15, 0.2) is 24.3 Å². The zero-order valence-electron chi connectivity index (χ0n) is 10.4. The number of amides is 1. The topological polar surface area (TPSA) is 72.6 Å². The van der Waals surface area contributed by atoms with Crippen molar-refractivity contribution >= 4 is 6.09 Å². The van der Waals surface area contributed by atoms with Crippen LogP contribution in [0.4, 0.5) is 4.79 Å². The maximum absolute atomic E-state index is 10.8. The van der Waals surface area contributed by atoms with Crippen LogP contribution in [-0.4, -0.2) is 17.3 Å². The van der Waals surface area contributed by atoms with E-state index in [2.05, 4.69) is 0 Å². The molecule has 0 aliphatic carbocycles. The van der Waals surface area contributed by atoms with E-state index in [0.29, 0.717) is 0 Å². The fraction of sp³-hybridized carbons (Fsp3) is 0.462. The van der Waals surface area contributed by atoms with Crippen LogP contribution in [0.1, 0.15) is 31.1 Å². The minimum absolute atomic E-state index is 0.0157. The van der Waals surface area contributed by atoms with Crippen molar-refractivity contribution < 1.29 is 14.6 Å². The first-order valence-electron chi connectivity index (χ1n) is 5.62. The normalized spacial score (nSPS) is 14.4. The van der Waals surface area contributed by atoms with Gasteiger partial charge in [-0.3, -0.25) is 0 Å². The molecule has 0 fully saturated rings. The highest BCUT2D eigenvalue weighted by Crippen LogP contribution is 2.25. The van der Waals surface area contributed by atoms with Gasteiger partial charge in [-0.2, -0.15) is 0 Å². The van der Waals surface area contributed by atoms with Crippen LogP contribution in [0, 0.1) is 12.8 Å². The van der Waals surface area contributed by atoms with Crippen LogP contribution in [0.5, 0.6) is 0 Å². The Hall–Kier alpha value is -1.55. The second kappa shape index (κ2) is 5.68. The van der Waals surface area contributed by atoms with Crippen LogP contribution < -0.4 is 5.73 Å². The van der Waals surface area contributed by atoms with Crippen molar-refractivity contribution in [3.05, 3.63) is 35.4 Å². The monoisotopic (exact) mass is 237 g/mol. The number of rotatable bonds is 4. The molecule has 1 amide bonds. The summed E-state index contributed by atoms with van der Waals surface area (Å²) in [5.74, 6) is -0.0157. The second-order valence-electron chi connectivity index (χ2n) is 4.50. The maximum Gasteiger partial charge on any atom is 0.404 e. The molecule has 1 aromatic rings. The van der Waals surface area contributed by atoms with E-state index in [1.54, 1.807) is 6.07 Å². The molecule has 17 heavy (non-hydrogen) atoms. The minimum atomic E-state index is -0.865. The molecule has 4 heteroatoms. The van der Waals surface area contributed by atoms with Gasteiger partial charge in [-0.25, -0.2) is 4.79 Å². The Kier molecular flexibility index (Phi) is 4.52. The smallest absolute Gasteiger partial charge is 0.404 e. The summed E-state index contributed by atoms with van der Waals surface area (Å²) in [6.45, 7) is 5.68. The van der Waals surface area contributed by atoms with E-state index in [-0.39, 0.29) is 5.92 Å². The first kappa shape index (κ1) is 13.5. The number of primary amides is 1. The predicted molar refractivity (Wildman–Crippen MR) is 65.4 cm³/mol. The first-order chi connectivity index (χ1) is 7.91. The Morgan fingerprint density at radius 1 is 1.41 bits per heavy atom. The summed E-state index contributed by atoms with van der Waals surface area (Å²) in [5, 5.41) is 10.2. The molecule has 0 unspecified atom stereocenters. The molecule has 94 valence electrons. The first-order valence-corrected chi connectivity index (χ1v) is 5.62. The Balaban J connectivity index is 2.91. The van der Waals surface area contributed by atoms with Gasteiger partial charge in [0.1, 0.15) is 12.2 Å². The average Bonchev–Trinajstić information content (AvgIpc) is 2.24. The lowest BCUT2D eigenvalue weighted by Gasteiger charge is -2.26. The SMILES string of the molecule is Cc1cccc([C@H](O)[C@@H](OC(N)=O)C(C)C)c1. The lowest BCUT2D eigenvalue weighted by atomic mass is 9.95. The van der Waals surface area contributed by atoms with Gasteiger partial charge in [0.05, 0.1) is 0 Å². The summed E-state index contributed by atoms with van der Waals surface area (Å²) in [6.07, 6.45) is -2.35. The van der Waals surface area contributed by atoms with Crippen molar-refractivity contribution in [2.24, 2.45) is 11.7 Å². The average molecular weight is 237 g/mol. The molecular formula is C13H19NO3. The summed E-state index contributed by atoms with van der Waals surface area (Å²) < 4.78 is 4.96. The van der Waals surface area contributed by atoms with Crippen molar-refractivity contribution in [3.8, 4) is 0 Å². The molecule has 0 aliphatic rings. The molecule has 1 rings (SSSR count). The maximum atomic E-state index is 10.8. The van der Waals surface area contributed by atoms with Crippen molar-refractivity contribution in [2.75, 3.05) is 0 Å². The van der Waals surface area contributed by atoms with Gasteiger partial charge in [0.15, 0.2) is 0 Å². The molecule has 2 atom stereocenters. The molecular weight excluding hydrogens is 218 g/mol. The van der Waals surface area contributed by atoms with Gasteiger partial charge in [0, 0.05) is 0 Å². The van der Waals surface area contributed by atoms with Gasteiger partial charge in [-0.05, 0) is 18.4 Å². The molecule has 0 spiro atoms. The van der Waals surface area contributed by atoms with Gasteiger partial charge in [0.25, 0.3) is 0 Å². The number of hydrogen-bond acceptors (Lipinski definition) is 3. The summed E-state index contributed by atoms with van der Waals surface area (Å²) in [7, 11) is 0. The Bertz CT molecular complexity index is 390. The molecule has 0 heterocycles. The number of aliphatic hydroxyl groups is 1. The standard InChI is InChI=1S/C13H19NO3/c1-8(2)12(17-13(14)16)11(15)10-6-4-5-9(3)7-10/h4-8,11-12,15H,1-3H3,(H2,14,16)/t11-,12-/m0/s1. The van der Waals surface area contributed by atoms with Crippen LogP contribution in [-0.2, 0) is 4.74 Å². The highest BCUT2D eigenvalue weighted by atomic mass is 16.6. The van der Waals surface area contributed by atoms with Gasteiger partial charge >= 0.3 is 6.09 Å². The van der Waals surface area contributed by atoms with E-state index in [1.807, 2.05) is 39.0 Å². The number of benzene rings is 1. The molecule has 0 aliphatic heterocycles. The van der Waals surface area contributed by atoms with E-state index in [4.69, 9.17) is 10.5 Å². The molecule has 0 saturated carbocycles. The van der Waals surface area contributed by atoms with Gasteiger partial charge in [-0.15, -0.1) is 0 Å². The number of hydrogen-bond donors (Lipinski definition) is 2. The van der Waals surface area contributed by atoms with E-state index in [0.717, 1.165) is 11.1 Å². The molecule has 0 saturated heterocycles. The summed E-state index contributed by atoms with van der Waals surface area (Å²) in [5.41, 5.74) is 6.78. The molecule has 0 radical (unpaired) electrons. The Morgan fingerprint density at radius 3 is 2.53 bits per heavy atom. The lowest BCUT2D eigenvalue weighted by molar-refractivity contribution is -0.0196. The van der Waals surface area contributed by atoms with Crippen molar-refractivity contribution in [1.29, 1.82) is 0 Å². The van der Waals surface area contributed by atoms with Crippen molar-refractivity contribution in [1.82, 2.24) is 0 Å². The van der Waals surface area contributed by atoms with E-state index < -0.39 is 18.3 Å². The van der Waals surface area contributed by atoms with Gasteiger partial charge < -0.3 is 15.6 Å². The third kappa shape index (κ3) is 3.75. The highest BCUT2D eigenvalue weighted by molar-refractivity contribution is 5.64. The Labute approximate surface area is 101 Å². The zero-order valence-corrected chi connectivity index (χ0v) is 10.4. The zero-order chi connectivity index (χ0) is 13.0. The van der Waals surface area contributed by atoms with Crippen molar-refractivity contribution in [3.63, 3.8) is 0 Å². The summed E-state index contributed by atoms with van der Waals surface area (Å²) in [4.78, 5) is 10.8. The summed E-state index contributed by atoms with van der Waals surface area (Å²) >= 11 is 0. The number of carbonyl (C=O) groups excluding carboxylic acids is 1. The number of nitrogens with two attached hydrogens (primary N) is 1. The number of carbonyl (C=O) groups is 1. The molecule has 4 nitrogen and oxygen atoms in total.